The SMILES string of the molecule is O=C(C1CCCC1)N1CC(S(=O)(=O)NCc2ccnc(N3CCCC3)c2)C1. The van der Waals surface area contributed by atoms with E-state index in [2.05, 4.69) is 14.6 Å². The number of nitrogens with one attached hydrogen (secondary N) is 1. The summed E-state index contributed by atoms with van der Waals surface area (Å²) in [6.45, 7) is 2.92. The molecule has 0 atom stereocenters. The average molecular weight is 393 g/mol. The topological polar surface area (TPSA) is 82.6 Å². The van der Waals surface area contributed by atoms with Gasteiger partial charge in [0.1, 0.15) is 11.1 Å². The van der Waals surface area contributed by atoms with Crippen molar-refractivity contribution in [1.82, 2.24) is 14.6 Å². The molecule has 1 aromatic rings. The molecule has 7 nitrogen and oxygen atoms in total. The molecule has 0 aromatic carbocycles. The summed E-state index contributed by atoms with van der Waals surface area (Å²) in [5.74, 6) is 1.17. The van der Waals surface area contributed by atoms with Crippen LogP contribution in [-0.2, 0) is 21.4 Å². The number of carbonyl (C=O) groups is 1. The van der Waals surface area contributed by atoms with Gasteiger partial charge in [-0.15, -0.1) is 0 Å². The highest BCUT2D eigenvalue weighted by Crippen LogP contribution is 2.29. The van der Waals surface area contributed by atoms with Gasteiger partial charge in [0.25, 0.3) is 0 Å². The largest absolute Gasteiger partial charge is 0.357 e. The van der Waals surface area contributed by atoms with Crippen LogP contribution in [0.15, 0.2) is 18.3 Å². The van der Waals surface area contributed by atoms with Crippen molar-refractivity contribution in [3.63, 3.8) is 0 Å². The van der Waals surface area contributed by atoms with Gasteiger partial charge in [0.2, 0.25) is 15.9 Å². The summed E-state index contributed by atoms with van der Waals surface area (Å²) < 4.78 is 27.8. The van der Waals surface area contributed by atoms with E-state index in [4.69, 9.17) is 0 Å². The summed E-state index contributed by atoms with van der Waals surface area (Å²) in [7, 11) is -3.42. The van der Waals surface area contributed by atoms with Crippen LogP contribution in [0, 0.1) is 5.92 Å². The number of carbonyl (C=O) groups excluding carboxylic acids is 1. The van der Waals surface area contributed by atoms with Crippen molar-refractivity contribution in [3.8, 4) is 0 Å². The van der Waals surface area contributed by atoms with Crippen LogP contribution in [0.3, 0.4) is 0 Å². The molecule has 0 spiro atoms. The van der Waals surface area contributed by atoms with E-state index in [0.717, 1.165) is 50.2 Å². The van der Waals surface area contributed by atoms with Crippen LogP contribution in [0.1, 0.15) is 44.1 Å². The van der Waals surface area contributed by atoms with E-state index in [1.165, 1.54) is 12.8 Å². The highest BCUT2D eigenvalue weighted by atomic mass is 32.2. The first kappa shape index (κ1) is 18.7. The maximum absolute atomic E-state index is 12.5. The Labute approximate surface area is 161 Å². The number of nitrogens with zero attached hydrogens (tertiary/aromatic N) is 3. The van der Waals surface area contributed by atoms with Gasteiger partial charge >= 0.3 is 0 Å². The molecule has 3 heterocycles. The van der Waals surface area contributed by atoms with Crippen LogP contribution < -0.4 is 9.62 Å². The van der Waals surface area contributed by atoms with Gasteiger partial charge in [0.15, 0.2) is 0 Å². The standard InChI is InChI=1S/C19H28N4O3S/c24-19(16-5-1-2-6-16)23-13-17(14-23)27(25,26)21-12-15-7-8-20-18(11-15)22-9-3-4-10-22/h7-8,11,16-17,21H,1-6,9-10,12-14H2. The van der Waals surface area contributed by atoms with Gasteiger partial charge < -0.3 is 9.80 Å². The molecule has 0 unspecified atom stereocenters. The third-order valence-electron chi connectivity index (χ3n) is 6.02. The number of aromatic nitrogens is 1. The number of hydrogen-bond donors (Lipinski definition) is 1. The lowest BCUT2D eigenvalue weighted by Crippen LogP contribution is -2.60. The van der Waals surface area contributed by atoms with Gasteiger partial charge in [-0.05, 0) is 43.4 Å². The maximum atomic E-state index is 12.5. The Morgan fingerprint density at radius 3 is 2.56 bits per heavy atom. The van der Waals surface area contributed by atoms with E-state index in [-0.39, 0.29) is 18.4 Å². The summed E-state index contributed by atoms with van der Waals surface area (Å²) in [4.78, 5) is 20.7. The third kappa shape index (κ3) is 4.11. The quantitative estimate of drug-likeness (QED) is 0.793. The molecular weight excluding hydrogens is 364 g/mol. The highest BCUT2D eigenvalue weighted by Gasteiger charge is 2.41. The number of sulfonamides is 1. The first-order chi connectivity index (χ1) is 13.0. The lowest BCUT2D eigenvalue weighted by atomic mass is 10.0. The molecule has 1 N–H and O–H groups in total. The Morgan fingerprint density at radius 1 is 1.15 bits per heavy atom. The minimum atomic E-state index is -3.42. The van der Waals surface area contributed by atoms with Crippen LogP contribution in [-0.4, -0.2) is 55.6 Å². The lowest BCUT2D eigenvalue weighted by molar-refractivity contribution is -0.138. The molecule has 3 aliphatic rings. The van der Waals surface area contributed by atoms with E-state index < -0.39 is 15.3 Å². The molecule has 1 aliphatic carbocycles. The first-order valence-corrected chi connectivity index (χ1v) is 11.5. The number of likely N-dealkylation sites (tertiary alicyclic amines) is 1. The Hall–Kier alpha value is -1.67. The summed E-state index contributed by atoms with van der Waals surface area (Å²) >= 11 is 0. The molecule has 2 aliphatic heterocycles. The molecule has 1 aromatic heterocycles. The van der Waals surface area contributed by atoms with Crippen LogP contribution >= 0.6 is 0 Å². The Kier molecular flexibility index (Phi) is 5.36. The molecule has 3 fully saturated rings. The fraction of sp³-hybridized carbons (Fsp3) is 0.684. The van der Waals surface area contributed by atoms with Crippen LogP contribution in [0.2, 0.25) is 0 Å². The van der Waals surface area contributed by atoms with Gasteiger partial charge in [0, 0.05) is 44.8 Å². The van der Waals surface area contributed by atoms with E-state index in [1.807, 2.05) is 12.1 Å². The molecule has 27 heavy (non-hydrogen) atoms. The van der Waals surface area contributed by atoms with Crippen molar-refractivity contribution in [2.75, 3.05) is 31.1 Å². The highest BCUT2D eigenvalue weighted by molar-refractivity contribution is 7.90. The van der Waals surface area contributed by atoms with Gasteiger partial charge in [0.05, 0.1) is 0 Å². The Morgan fingerprint density at radius 2 is 1.85 bits per heavy atom. The number of anilines is 1. The molecule has 0 bridgehead atoms. The van der Waals surface area contributed by atoms with Gasteiger partial charge in [-0.3, -0.25) is 4.79 Å². The number of pyridine rings is 1. The minimum Gasteiger partial charge on any atom is -0.357 e. The number of amides is 1. The van der Waals surface area contributed by atoms with E-state index in [1.54, 1.807) is 11.1 Å². The molecular formula is C19H28N4O3S. The lowest BCUT2D eigenvalue weighted by Gasteiger charge is -2.39. The van der Waals surface area contributed by atoms with E-state index >= 15 is 0 Å². The zero-order valence-electron chi connectivity index (χ0n) is 15.6. The van der Waals surface area contributed by atoms with Crippen molar-refractivity contribution < 1.29 is 13.2 Å². The third-order valence-corrected chi connectivity index (χ3v) is 7.74. The van der Waals surface area contributed by atoms with Gasteiger partial charge in [-0.25, -0.2) is 18.1 Å². The molecule has 1 amide bonds. The van der Waals surface area contributed by atoms with E-state index in [9.17, 15) is 13.2 Å². The van der Waals surface area contributed by atoms with Crippen molar-refractivity contribution in [2.45, 2.75) is 50.3 Å². The van der Waals surface area contributed by atoms with Gasteiger partial charge in [-0.1, -0.05) is 12.8 Å². The van der Waals surface area contributed by atoms with Crippen LogP contribution in [0.5, 0.6) is 0 Å². The van der Waals surface area contributed by atoms with Crippen molar-refractivity contribution in [3.05, 3.63) is 23.9 Å². The number of rotatable bonds is 6. The van der Waals surface area contributed by atoms with Crippen molar-refractivity contribution in [1.29, 1.82) is 0 Å². The first-order valence-electron chi connectivity index (χ1n) is 10.00. The molecule has 0 radical (unpaired) electrons. The molecule has 148 valence electrons. The van der Waals surface area contributed by atoms with Crippen LogP contribution in [0.25, 0.3) is 0 Å². The monoisotopic (exact) mass is 392 g/mol. The summed E-state index contributed by atoms with van der Waals surface area (Å²) in [6, 6.07) is 3.81. The number of hydrogen-bond acceptors (Lipinski definition) is 5. The molecule has 1 saturated carbocycles. The Bertz CT molecular complexity index is 780. The molecule has 4 rings (SSSR count). The fourth-order valence-electron chi connectivity index (χ4n) is 4.24. The van der Waals surface area contributed by atoms with Gasteiger partial charge in [-0.2, -0.15) is 0 Å². The smallest absolute Gasteiger partial charge is 0.225 e. The van der Waals surface area contributed by atoms with Crippen molar-refractivity contribution in [2.24, 2.45) is 5.92 Å². The van der Waals surface area contributed by atoms with Crippen molar-refractivity contribution >= 4 is 21.7 Å². The molecule has 8 heteroatoms. The second kappa shape index (κ2) is 7.75. The molecule has 2 saturated heterocycles. The summed E-state index contributed by atoms with van der Waals surface area (Å²) in [5, 5.41) is -0.497. The summed E-state index contributed by atoms with van der Waals surface area (Å²) in [5.41, 5.74) is 0.911. The average Bonchev–Trinajstić information content (AvgIpc) is 3.32. The minimum absolute atomic E-state index is 0.113. The van der Waals surface area contributed by atoms with Crippen LogP contribution in [0.4, 0.5) is 5.82 Å². The predicted molar refractivity (Wildman–Crippen MR) is 104 cm³/mol. The Balaban J connectivity index is 1.29. The predicted octanol–water partition coefficient (Wildman–Crippen LogP) is 1.50. The second-order valence-corrected chi connectivity index (χ2v) is 9.97. The zero-order chi connectivity index (χ0) is 18.9. The maximum Gasteiger partial charge on any atom is 0.225 e. The second-order valence-electron chi connectivity index (χ2n) is 7.93. The normalized spacial score (nSPS) is 21.6. The fourth-order valence-corrected chi connectivity index (χ4v) is 5.59. The van der Waals surface area contributed by atoms with E-state index in [0.29, 0.717) is 13.1 Å². The summed E-state index contributed by atoms with van der Waals surface area (Å²) in [6.07, 6.45) is 8.21. The zero-order valence-corrected chi connectivity index (χ0v) is 16.5.